The first-order valence-corrected chi connectivity index (χ1v) is 7.89. The summed E-state index contributed by atoms with van der Waals surface area (Å²) >= 11 is 0. The molecule has 0 spiro atoms. The Morgan fingerprint density at radius 2 is 2.25 bits per heavy atom. The van der Waals surface area contributed by atoms with Crippen LogP contribution < -0.4 is 5.32 Å². The number of rotatable bonds is 2. The van der Waals surface area contributed by atoms with Gasteiger partial charge < -0.3 is 14.6 Å². The third-order valence-electron chi connectivity index (χ3n) is 4.16. The predicted octanol–water partition coefficient (Wildman–Crippen LogP) is 4.20. The molecular weight excluding hydrogens is 323 g/mol. The number of anilines is 1. The molecule has 0 bridgehead atoms. The molecule has 1 saturated heterocycles. The van der Waals surface area contributed by atoms with Crippen molar-refractivity contribution in [3.63, 3.8) is 0 Å². The maximum atomic E-state index is 12.8. The van der Waals surface area contributed by atoms with E-state index in [1.54, 1.807) is 18.2 Å². The van der Waals surface area contributed by atoms with E-state index >= 15 is 0 Å². The minimum absolute atomic E-state index is 0.0674. The summed E-state index contributed by atoms with van der Waals surface area (Å²) < 4.78 is 44.0. The van der Waals surface area contributed by atoms with Crippen LogP contribution in [0.1, 0.15) is 25.7 Å². The monoisotopic (exact) mass is 341 g/mol. The van der Waals surface area contributed by atoms with Crippen molar-refractivity contribution in [3.8, 4) is 0 Å². The number of hydrogen-bond donors (Lipinski definition) is 1. The van der Waals surface area contributed by atoms with Crippen LogP contribution in [0.3, 0.4) is 0 Å². The number of amides is 2. The fourth-order valence-electron chi connectivity index (χ4n) is 2.84. The molecule has 1 aromatic carbocycles. The molecule has 130 valence electrons. The Labute approximate surface area is 136 Å². The van der Waals surface area contributed by atoms with Gasteiger partial charge in [-0.2, -0.15) is 13.2 Å². The summed E-state index contributed by atoms with van der Waals surface area (Å²) in [4.78, 5) is 17.7. The van der Waals surface area contributed by atoms with Crippen molar-refractivity contribution < 1.29 is 22.4 Å². The van der Waals surface area contributed by atoms with Gasteiger partial charge in [-0.1, -0.05) is 6.92 Å². The maximum Gasteiger partial charge on any atom is 0.393 e. The fourth-order valence-corrected chi connectivity index (χ4v) is 2.84. The number of likely N-dealkylation sites (tertiary alicyclic amines) is 1. The van der Waals surface area contributed by atoms with Crippen LogP contribution in [0, 0.1) is 5.92 Å². The molecule has 0 radical (unpaired) electrons. The van der Waals surface area contributed by atoms with Crippen LogP contribution in [0.5, 0.6) is 0 Å². The number of oxazole rings is 1. The van der Waals surface area contributed by atoms with Gasteiger partial charge >= 0.3 is 12.2 Å². The molecule has 2 aromatic rings. The number of nitrogens with one attached hydrogen (secondary N) is 1. The molecule has 1 aliphatic rings. The van der Waals surface area contributed by atoms with E-state index in [2.05, 4.69) is 10.3 Å². The number of aryl methyl sites for hydroxylation is 1. The Kier molecular flexibility index (Phi) is 4.38. The van der Waals surface area contributed by atoms with Crippen molar-refractivity contribution in [3.05, 3.63) is 24.1 Å². The second-order valence-corrected chi connectivity index (χ2v) is 5.90. The Balaban J connectivity index is 1.70. The van der Waals surface area contributed by atoms with Crippen LogP contribution in [0.4, 0.5) is 23.7 Å². The van der Waals surface area contributed by atoms with E-state index in [4.69, 9.17) is 4.42 Å². The lowest BCUT2D eigenvalue weighted by Gasteiger charge is -2.33. The van der Waals surface area contributed by atoms with Gasteiger partial charge in [-0.3, -0.25) is 0 Å². The normalized spacial score (nSPS) is 18.8. The van der Waals surface area contributed by atoms with Gasteiger partial charge in [0.2, 0.25) is 0 Å². The summed E-state index contributed by atoms with van der Waals surface area (Å²) in [5.74, 6) is -0.861. The van der Waals surface area contributed by atoms with Crippen molar-refractivity contribution in [1.29, 1.82) is 0 Å². The summed E-state index contributed by atoms with van der Waals surface area (Å²) in [6.07, 6.45) is -3.20. The number of benzene rings is 1. The SMILES string of the molecule is CCc1nc2cc(NC(=O)N3CCC[C@H](C(F)(F)F)C3)ccc2o1. The van der Waals surface area contributed by atoms with Gasteiger partial charge in [0.1, 0.15) is 5.52 Å². The molecule has 1 aliphatic heterocycles. The first kappa shape index (κ1) is 16.6. The maximum absolute atomic E-state index is 12.8. The highest BCUT2D eigenvalue weighted by atomic mass is 19.4. The summed E-state index contributed by atoms with van der Waals surface area (Å²) in [7, 11) is 0. The first-order chi connectivity index (χ1) is 11.4. The minimum Gasteiger partial charge on any atom is -0.441 e. The number of fused-ring (bicyclic) bond motifs is 1. The van der Waals surface area contributed by atoms with Crippen LogP contribution in [0.25, 0.3) is 11.1 Å². The third kappa shape index (κ3) is 3.47. The summed E-state index contributed by atoms with van der Waals surface area (Å²) in [5.41, 5.74) is 1.70. The average molecular weight is 341 g/mol. The molecule has 0 unspecified atom stereocenters. The molecule has 1 aromatic heterocycles. The predicted molar refractivity (Wildman–Crippen MR) is 82.8 cm³/mol. The zero-order valence-corrected chi connectivity index (χ0v) is 13.2. The molecule has 5 nitrogen and oxygen atoms in total. The van der Waals surface area contributed by atoms with Crippen LogP contribution in [0.2, 0.25) is 0 Å². The lowest BCUT2D eigenvalue weighted by atomic mass is 9.98. The number of halogens is 3. The molecule has 2 heterocycles. The van der Waals surface area contributed by atoms with E-state index in [0.717, 1.165) is 0 Å². The summed E-state index contributed by atoms with van der Waals surface area (Å²) in [5, 5.41) is 2.64. The number of urea groups is 1. The summed E-state index contributed by atoms with van der Waals surface area (Å²) in [6.45, 7) is 1.94. The standard InChI is InChI=1S/C16H18F3N3O2/c1-2-14-21-12-8-11(5-6-13(12)24-14)20-15(23)22-7-3-4-10(9-22)16(17,18)19/h5-6,8,10H,2-4,7,9H2,1H3,(H,20,23)/t10-/m0/s1. The van der Waals surface area contributed by atoms with Crippen molar-refractivity contribution in [2.24, 2.45) is 5.92 Å². The number of alkyl halides is 3. The molecule has 1 fully saturated rings. The Morgan fingerprint density at radius 1 is 1.46 bits per heavy atom. The number of nitrogens with zero attached hydrogens (tertiary/aromatic N) is 2. The van der Waals surface area contributed by atoms with Gasteiger partial charge in [-0.05, 0) is 31.0 Å². The van der Waals surface area contributed by atoms with Gasteiger partial charge in [-0.15, -0.1) is 0 Å². The average Bonchev–Trinajstić information content (AvgIpc) is 2.96. The lowest BCUT2D eigenvalue weighted by molar-refractivity contribution is -0.183. The van der Waals surface area contributed by atoms with Crippen molar-refractivity contribution in [2.75, 3.05) is 18.4 Å². The minimum atomic E-state index is -4.27. The van der Waals surface area contributed by atoms with E-state index in [9.17, 15) is 18.0 Å². The third-order valence-corrected chi connectivity index (χ3v) is 4.16. The van der Waals surface area contributed by atoms with Crippen molar-refractivity contribution in [1.82, 2.24) is 9.88 Å². The van der Waals surface area contributed by atoms with E-state index in [0.29, 0.717) is 42.1 Å². The zero-order valence-electron chi connectivity index (χ0n) is 13.2. The highest BCUT2D eigenvalue weighted by Gasteiger charge is 2.42. The highest BCUT2D eigenvalue weighted by molar-refractivity contribution is 5.91. The van der Waals surface area contributed by atoms with E-state index < -0.39 is 18.1 Å². The van der Waals surface area contributed by atoms with Crippen molar-refractivity contribution in [2.45, 2.75) is 32.4 Å². The van der Waals surface area contributed by atoms with Crippen LogP contribution in [-0.4, -0.2) is 35.2 Å². The molecule has 0 saturated carbocycles. The van der Waals surface area contributed by atoms with Gasteiger partial charge in [0.15, 0.2) is 11.5 Å². The molecule has 1 atom stereocenters. The molecule has 1 N–H and O–H groups in total. The van der Waals surface area contributed by atoms with E-state index in [1.807, 2.05) is 6.92 Å². The number of carbonyl (C=O) groups is 1. The summed E-state index contributed by atoms with van der Waals surface area (Å²) in [6, 6.07) is 4.46. The van der Waals surface area contributed by atoms with Crippen LogP contribution >= 0.6 is 0 Å². The van der Waals surface area contributed by atoms with E-state index in [-0.39, 0.29) is 13.0 Å². The van der Waals surface area contributed by atoms with Crippen molar-refractivity contribution >= 4 is 22.8 Å². The Morgan fingerprint density at radius 3 is 2.96 bits per heavy atom. The smallest absolute Gasteiger partial charge is 0.393 e. The molecular formula is C16H18F3N3O2. The van der Waals surface area contributed by atoms with Crippen LogP contribution in [0.15, 0.2) is 22.6 Å². The van der Waals surface area contributed by atoms with E-state index in [1.165, 1.54) is 4.90 Å². The second kappa shape index (κ2) is 6.33. The first-order valence-electron chi connectivity index (χ1n) is 7.89. The lowest BCUT2D eigenvalue weighted by Crippen LogP contribution is -2.46. The number of piperidine rings is 1. The van der Waals surface area contributed by atoms with Gasteiger partial charge in [0.05, 0.1) is 5.92 Å². The quantitative estimate of drug-likeness (QED) is 0.891. The Hall–Kier alpha value is -2.25. The second-order valence-electron chi connectivity index (χ2n) is 5.90. The zero-order chi connectivity index (χ0) is 17.3. The number of hydrogen-bond acceptors (Lipinski definition) is 3. The molecule has 24 heavy (non-hydrogen) atoms. The van der Waals surface area contributed by atoms with Gasteiger partial charge in [0.25, 0.3) is 0 Å². The molecule has 3 rings (SSSR count). The van der Waals surface area contributed by atoms with Crippen LogP contribution in [-0.2, 0) is 6.42 Å². The molecule has 0 aliphatic carbocycles. The topological polar surface area (TPSA) is 58.4 Å². The number of aromatic nitrogens is 1. The van der Waals surface area contributed by atoms with Gasteiger partial charge in [-0.25, -0.2) is 9.78 Å². The largest absolute Gasteiger partial charge is 0.441 e. The number of carbonyl (C=O) groups excluding carboxylic acids is 1. The Bertz CT molecular complexity index is 742. The molecule has 8 heteroatoms. The fraction of sp³-hybridized carbons (Fsp3) is 0.500. The highest BCUT2D eigenvalue weighted by Crippen LogP contribution is 2.33. The van der Waals surface area contributed by atoms with Gasteiger partial charge in [0, 0.05) is 25.2 Å². The molecule has 2 amide bonds.